The van der Waals surface area contributed by atoms with E-state index in [2.05, 4.69) is 15.4 Å². The Labute approximate surface area is 188 Å². The number of pyridine rings is 1. The first-order chi connectivity index (χ1) is 15.3. The maximum Gasteiger partial charge on any atom is 0.257 e. The molecule has 4 rings (SSSR count). The molecule has 1 aliphatic rings. The standard InChI is InChI=1S/C23H29N5O3S/c1-16(2)28-22-17(15-25-28)13-18(14-24-22)23(29)26-19-9-11-21(12-10-19)32(30,31)27(3)20-7-5-4-6-8-20/h9-16,20H,4-8H2,1-3H3,(H,26,29). The number of carbonyl (C=O) groups is 1. The number of anilines is 1. The molecule has 1 saturated carbocycles. The molecule has 1 aliphatic carbocycles. The van der Waals surface area contributed by atoms with Crippen molar-refractivity contribution in [2.24, 2.45) is 0 Å². The molecule has 0 saturated heterocycles. The lowest BCUT2D eigenvalue weighted by atomic mass is 9.96. The van der Waals surface area contributed by atoms with Gasteiger partial charge in [-0.3, -0.25) is 4.79 Å². The molecule has 1 aromatic carbocycles. The number of amides is 1. The molecule has 0 radical (unpaired) electrons. The van der Waals surface area contributed by atoms with Gasteiger partial charge in [0, 0.05) is 36.4 Å². The lowest BCUT2D eigenvalue weighted by Gasteiger charge is -2.30. The average Bonchev–Trinajstić information content (AvgIpc) is 3.23. The fourth-order valence-corrected chi connectivity index (χ4v) is 5.58. The Kier molecular flexibility index (Phi) is 6.30. The molecule has 0 atom stereocenters. The van der Waals surface area contributed by atoms with E-state index in [1.807, 2.05) is 13.8 Å². The smallest absolute Gasteiger partial charge is 0.257 e. The van der Waals surface area contributed by atoms with Gasteiger partial charge in [0.1, 0.15) is 0 Å². The zero-order valence-electron chi connectivity index (χ0n) is 18.7. The maximum absolute atomic E-state index is 13.0. The van der Waals surface area contributed by atoms with Gasteiger partial charge in [-0.1, -0.05) is 19.3 Å². The van der Waals surface area contributed by atoms with Crippen molar-refractivity contribution in [3.63, 3.8) is 0 Å². The normalized spacial score (nSPS) is 15.5. The molecule has 0 bridgehead atoms. The fourth-order valence-electron chi connectivity index (χ4n) is 4.16. The summed E-state index contributed by atoms with van der Waals surface area (Å²) in [5.41, 5.74) is 1.66. The van der Waals surface area contributed by atoms with Crippen molar-refractivity contribution >= 4 is 32.7 Å². The molecule has 32 heavy (non-hydrogen) atoms. The van der Waals surface area contributed by atoms with Crippen LogP contribution >= 0.6 is 0 Å². The van der Waals surface area contributed by atoms with Crippen LogP contribution in [0, 0.1) is 0 Å². The van der Waals surface area contributed by atoms with Crippen LogP contribution in [0.5, 0.6) is 0 Å². The van der Waals surface area contributed by atoms with E-state index >= 15 is 0 Å². The van der Waals surface area contributed by atoms with Crippen LogP contribution in [0.4, 0.5) is 5.69 Å². The summed E-state index contributed by atoms with van der Waals surface area (Å²) >= 11 is 0. The summed E-state index contributed by atoms with van der Waals surface area (Å²) in [7, 11) is -1.91. The predicted octanol–water partition coefficient (Wildman–Crippen LogP) is 4.22. The Bertz CT molecular complexity index is 1210. The van der Waals surface area contributed by atoms with E-state index in [-0.39, 0.29) is 22.9 Å². The van der Waals surface area contributed by atoms with Gasteiger partial charge >= 0.3 is 0 Å². The molecule has 8 nitrogen and oxygen atoms in total. The number of sulfonamides is 1. The number of fused-ring (bicyclic) bond motifs is 1. The molecule has 9 heteroatoms. The Morgan fingerprint density at radius 3 is 2.47 bits per heavy atom. The minimum absolute atomic E-state index is 0.0515. The summed E-state index contributed by atoms with van der Waals surface area (Å²) < 4.78 is 29.3. The van der Waals surface area contributed by atoms with Crippen molar-refractivity contribution in [3.05, 3.63) is 48.3 Å². The number of benzene rings is 1. The zero-order valence-corrected chi connectivity index (χ0v) is 19.5. The van der Waals surface area contributed by atoms with Crippen LogP contribution in [0.2, 0.25) is 0 Å². The quantitative estimate of drug-likeness (QED) is 0.600. The highest BCUT2D eigenvalue weighted by atomic mass is 32.2. The topological polar surface area (TPSA) is 97.2 Å². The Balaban J connectivity index is 1.47. The monoisotopic (exact) mass is 455 g/mol. The highest BCUT2D eigenvalue weighted by molar-refractivity contribution is 7.89. The Hall–Kier alpha value is -2.78. The second-order valence-electron chi connectivity index (χ2n) is 8.61. The number of hydrogen-bond acceptors (Lipinski definition) is 5. The number of hydrogen-bond donors (Lipinski definition) is 1. The first-order valence-corrected chi connectivity index (χ1v) is 12.4. The fraction of sp³-hybridized carbons (Fsp3) is 0.435. The average molecular weight is 456 g/mol. The number of nitrogens with one attached hydrogen (secondary N) is 1. The van der Waals surface area contributed by atoms with Gasteiger partial charge in [-0.15, -0.1) is 0 Å². The summed E-state index contributed by atoms with van der Waals surface area (Å²) in [6.07, 6.45) is 8.32. The van der Waals surface area contributed by atoms with Crippen LogP contribution < -0.4 is 5.32 Å². The molecule has 2 heterocycles. The van der Waals surface area contributed by atoms with Crippen molar-refractivity contribution < 1.29 is 13.2 Å². The number of rotatable bonds is 6. The van der Waals surface area contributed by atoms with Crippen LogP contribution in [-0.2, 0) is 10.0 Å². The molecule has 1 amide bonds. The largest absolute Gasteiger partial charge is 0.322 e. The van der Waals surface area contributed by atoms with Gasteiger partial charge in [0.15, 0.2) is 5.65 Å². The van der Waals surface area contributed by atoms with E-state index in [1.54, 1.807) is 48.3 Å². The molecular formula is C23H29N5O3S. The minimum atomic E-state index is -3.56. The summed E-state index contributed by atoms with van der Waals surface area (Å²) in [5, 5.41) is 7.92. The third-order valence-electron chi connectivity index (χ3n) is 6.06. The summed E-state index contributed by atoms with van der Waals surface area (Å²) in [5.74, 6) is -0.313. The molecule has 0 unspecified atom stereocenters. The molecule has 1 fully saturated rings. The van der Waals surface area contributed by atoms with E-state index in [9.17, 15) is 13.2 Å². The van der Waals surface area contributed by atoms with Gasteiger partial charge < -0.3 is 5.32 Å². The lowest BCUT2D eigenvalue weighted by Crippen LogP contribution is -2.38. The molecule has 0 aliphatic heterocycles. The van der Waals surface area contributed by atoms with Crippen LogP contribution in [0.15, 0.2) is 47.6 Å². The van der Waals surface area contributed by atoms with Crippen molar-refractivity contribution in [2.75, 3.05) is 12.4 Å². The van der Waals surface area contributed by atoms with E-state index in [4.69, 9.17) is 0 Å². The van der Waals surface area contributed by atoms with Crippen LogP contribution in [-0.4, -0.2) is 46.5 Å². The summed E-state index contributed by atoms with van der Waals surface area (Å²) in [6, 6.07) is 8.28. The molecule has 3 aromatic rings. The third kappa shape index (κ3) is 4.40. The molecule has 0 spiro atoms. The van der Waals surface area contributed by atoms with Gasteiger partial charge in [0.25, 0.3) is 5.91 Å². The lowest BCUT2D eigenvalue weighted by molar-refractivity contribution is 0.102. The summed E-state index contributed by atoms with van der Waals surface area (Å²) in [4.78, 5) is 17.3. The van der Waals surface area contributed by atoms with Gasteiger partial charge in [-0.25, -0.2) is 18.1 Å². The van der Waals surface area contributed by atoms with E-state index in [0.717, 1.165) is 36.7 Å². The maximum atomic E-state index is 13.0. The van der Waals surface area contributed by atoms with E-state index in [0.29, 0.717) is 11.3 Å². The third-order valence-corrected chi connectivity index (χ3v) is 7.99. The minimum Gasteiger partial charge on any atom is -0.322 e. The highest BCUT2D eigenvalue weighted by Crippen LogP contribution is 2.27. The number of aromatic nitrogens is 3. The van der Waals surface area contributed by atoms with Crippen molar-refractivity contribution in [3.8, 4) is 0 Å². The Morgan fingerprint density at radius 1 is 1.12 bits per heavy atom. The van der Waals surface area contributed by atoms with Crippen molar-refractivity contribution in [2.45, 2.75) is 62.9 Å². The molecule has 1 N–H and O–H groups in total. The van der Waals surface area contributed by atoms with Gasteiger partial charge in [0.05, 0.1) is 16.7 Å². The van der Waals surface area contributed by atoms with Crippen LogP contribution in [0.1, 0.15) is 62.4 Å². The zero-order chi connectivity index (χ0) is 22.9. The number of nitrogens with zero attached hydrogens (tertiary/aromatic N) is 4. The predicted molar refractivity (Wildman–Crippen MR) is 124 cm³/mol. The van der Waals surface area contributed by atoms with Crippen LogP contribution in [0.25, 0.3) is 11.0 Å². The second kappa shape index (κ2) is 8.99. The Morgan fingerprint density at radius 2 is 1.81 bits per heavy atom. The molecular weight excluding hydrogens is 426 g/mol. The van der Waals surface area contributed by atoms with Gasteiger partial charge in [-0.05, 0) is 57.0 Å². The first kappa shape index (κ1) is 22.4. The SMILES string of the molecule is CC(C)n1ncc2cc(C(=O)Nc3ccc(S(=O)(=O)N(C)C4CCCCC4)cc3)cnc21. The van der Waals surface area contributed by atoms with Crippen molar-refractivity contribution in [1.29, 1.82) is 0 Å². The van der Waals surface area contributed by atoms with E-state index in [1.165, 1.54) is 16.9 Å². The van der Waals surface area contributed by atoms with Gasteiger partial charge in [0.2, 0.25) is 10.0 Å². The second-order valence-corrected chi connectivity index (χ2v) is 10.6. The van der Waals surface area contributed by atoms with Gasteiger partial charge in [-0.2, -0.15) is 9.40 Å². The molecule has 2 aromatic heterocycles. The number of carbonyl (C=O) groups excluding carboxylic acids is 1. The first-order valence-electron chi connectivity index (χ1n) is 11.0. The van der Waals surface area contributed by atoms with Crippen molar-refractivity contribution in [1.82, 2.24) is 19.1 Å². The molecule has 170 valence electrons. The highest BCUT2D eigenvalue weighted by Gasteiger charge is 2.29. The summed E-state index contributed by atoms with van der Waals surface area (Å²) in [6.45, 7) is 4.04. The van der Waals surface area contributed by atoms with Crippen LogP contribution in [0.3, 0.4) is 0 Å². The van der Waals surface area contributed by atoms with E-state index < -0.39 is 10.0 Å².